The van der Waals surface area contributed by atoms with Gasteiger partial charge in [0.05, 0.1) is 12.8 Å². The Hall–Kier alpha value is -0.120. The van der Waals surface area contributed by atoms with Gasteiger partial charge in [-0.05, 0) is 14.1 Å². The second-order valence-corrected chi connectivity index (χ2v) is 2.91. The second-order valence-electron chi connectivity index (χ2n) is 2.91. The van der Waals surface area contributed by atoms with Crippen LogP contribution in [0.2, 0.25) is 0 Å². The topological polar surface area (TPSA) is 26.7 Å². The Kier molecular flexibility index (Phi) is 2.05. The fraction of sp³-hybridized carbons (Fsp3) is 1.00. The number of nitrogens with zero attached hydrogens (tertiary/aromatic N) is 2. The van der Waals surface area contributed by atoms with E-state index in [1.165, 1.54) is 0 Å². The first-order valence-electron chi connectivity index (χ1n) is 3.23. The van der Waals surface area contributed by atoms with Gasteiger partial charge in [-0.25, -0.2) is 0 Å². The van der Waals surface area contributed by atoms with Crippen molar-refractivity contribution in [2.45, 2.75) is 6.10 Å². The summed E-state index contributed by atoms with van der Waals surface area (Å²) in [6.45, 7) is 2.66. The average molecular weight is 130 g/mol. The maximum atomic E-state index is 8.87. The van der Waals surface area contributed by atoms with Crippen LogP contribution in [-0.4, -0.2) is 54.9 Å². The highest BCUT2D eigenvalue weighted by molar-refractivity contribution is 4.77. The number of rotatable bonds is 2. The summed E-state index contributed by atoms with van der Waals surface area (Å²) >= 11 is 0. The van der Waals surface area contributed by atoms with Crippen molar-refractivity contribution in [3.63, 3.8) is 0 Å². The largest absolute Gasteiger partial charge is 0.390 e. The molecule has 1 heterocycles. The Morgan fingerprint density at radius 1 is 1.56 bits per heavy atom. The maximum Gasteiger partial charge on any atom is 0.0794 e. The van der Waals surface area contributed by atoms with E-state index in [9.17, 15) is 0 Å². The summed E-state index contributed by atoms with van der Waals surface area (Å²) in [6.07, 6.45) is -0.0649. The molecule has 1 aliphatic rings. The molecular weight excluding hydrogens is 116 g/mol. The minimum absolute atomic E-state index is 0.0649. The third-order valence-electron chi connectivity index (χ3n) is 1.42. The van der Waals surface area contributed by atoms with Crippen molar-refractivity contribution in [2.24, 2.45) is 0 Å². The molecule has 54 valence electrons. The molecule has 1 fully saturated rings. The van der Waals surface area contributed by atoms with Crippen LogP contribution in [0, 0.1) is 0 Å². The van der Waals surface area contributed by atoms with Crippen molar-refractivity contribution in [3.05, 3.63) is 0 Å². The second kappa shape index (κ2) is 2.64. The average Bonchev–Trinajstić information content (AvgIpc) is 1.60. The monoisotopic (exact) mass is 130 g/mol. The predicted molar refractivity (Wildman–Crippen MR) is 36.1 cm³/mol. The quantitative estimate of drug-likeness (QED) is 0.529. The number of hydrogen-bond acceptors (Lipinski definition) is 3. The van der Waals surface area contributed by atoms with E-state index in [1.807, 2.05) is 14.1 Å². The van der Waals surface area contributed by atoms with Crippen molar-refractivity contribution >= 4 is 0 Å². The molecule has 0 aromatic heterocycles. The van der Waals surface area contributed by atoms with Crippen molar-refractivity contribution < 1.29 is 5.11 Å². The van der Waals surface area contributed by atoms with E-state index in [1.54, 1.807) is 0 Å². The summed E-state index contributed by atoms with van der Waals surface area (Å²) in [5.41, 5.74) is 0. The van der Waals surface area contributed by atoms with E-state index in [0.29, 0.717) is 0 Å². The van der Waals surface area contributed by atoms with E-state index in [-0.39, 0.29) is 6.10 Å². The Bertz CT molecular complexity index is 89.1. The first-order chi connectivity index (χ1) is 4.18. The number of aliphatic hydroxyl groups excluding tert-OH is 1. The van der Waals surface area contributed by atoms with E-state index in [0.717, 1.165) is 19.8 Å². The summed E-state index contributed by atoms with van der Waals surface area (Å²) in [5, 5.41) is 8.87. The zero-order valence-corrected chi connectivity index (χ0v) is 6.04. The highest BCUT2D eigenvalue weighted by Gasteiger charge is 2.23. The zero-order valence-electron chi connectivity index (χ0n) is 6.04. The Labute approximate surface area is 55.9 Å². The number of likely N-dealkylation sites (tertiary alicyclic amines) is 1. The van der Waals surface area contributed by atoms with Crippen molar-refractivity contribution in [3.8, 4) is 0 Å². The van der Waals surface area contributed by atoms with Gasteiger partial charge in [-0.2, -0.15) is 0 Å². The molecule has 0 amide bonds. The summed E-state index contributed by atoms with van der Waals surface area (Å²) in [5.74, 6) is 0. The van der Waals surface area contributed by atoms with Gasteiger partial charge in [0, 0.05) is 13.1 Å². The Morgan fingerprint density at radius 2 is 2.11 bits per heavy atom. The first-order valence-corrected chi connectivity index (χ1v) is 3.23. The fourth-order valence-corrected chi connectivity index (χ4v) is 1.06. The maximum absolute atomic E-state index is 8.87. The molecule has 0 unspecified atom stereocenters. The molecule has 1 N–H and O–H groups in total. The lowest BCUT2D eigenvalue weighted by atomic mass is 10.2. The molecule has 0 atom stereocenters. The molecule has 1 saturated heterocycles. The van der Waals surface area contributed by atoms with E-state index in [2.05, 4.69) is 9.80 Å². The molecule has 0 aromatic rings. The van der Waals surface area contributed by atoms with Crippen LogP contribution in [0.1, 0.15) is 0 Å². The molecule has 9 heavy (non-hydrogen) atoms. The molecule has 3 heteroatoms. The highest BCUT2D eigenvalue weighted by Crippen LogP contribution is 2.05. The summed E-state index contributed by atoms with van der Waals surface area (Å²) in [7, 11) is 4.06. The molecular formula is C6H14N2O. The van der Waals surface area contributed by atoms with Gasteiger partial charge in [0.15, 0.2) is 0 Å². The van der Waals surface area contributed by atoms with Crippen LogP contribution in [0.25, 0.3) is 0 Å². The molecule has 1 rings (SSSR count). The van der Waals surface area contributed by atoms with Crippen LogP contribution in [0.4, 0.5) is 0 Å². The third-order valence-corrected chi connectivity index (χ3v) is 1.42. The van der Waals surface area contributed by atoms with Gasteiger partial charge in [-0.1, -0.05) is 0 Å². The zero-order chi connectivity index (χ0) is 6.85. The lowest BCUT2D eigenvalue weighted by molar-refractivity contribution is -0.0202. The van der Waals surface area contributed by atoms with Gasteiger partial charge in [0.25, 0.3) is 0 Å². The van der Waals surface area contributed by atoms with Crippen LogP contribution in [0.3, 0.4) is 0 Å². The molecule has 0 aromatic carbocycles. The molecule has 3 nitrogen and oxygen atoms in total. The van der Waals surface area contributed by atoms with Gasteiger partial charge in [-0.3, -0.25) is 9.80 Å². The van der Waals surface area contributed by atoms with Gasteiger partial charge in [0.1, 0.15) is 0 Å². The van der Waals surface area contributed by atoms with Gasteiger partial charge in [-0.15, -0.1) is 0 Å². The fourth-order valence-electron chi connectivity index (χ4n) is 1.06. The van der Waals surface area contributed by atoms with Crippen LogP contribution in [0.15, 0.2) is 0 Å². The lowest BCUT2D eigenvalue weighted by Gasteiger charge is -2.37. The van der Waals surface area contributed by atoms with Crippen LogP contribution in [-0.2, 0) is 0 Å². The normalized spacial score (nSPS) is 22.7. The van der Waals surface area contributed by atoms with Crippen molar-refractivity contribution in [1.29, 1.82) is 0 Å². The Morgan fingerprint density at radius 3 is 2.44 bits per heavy atom. The standard InChI is InChI=1S/C6H14N2O/c1-7(2)5-8-3-6(9)4-8/h6,9H,3-5H2,1-2H3. The summed E-state index contributed by atoms with van der Waals surface area (Å²) < 4.78 is 0. The Balaban J connectivity index is 2.04. The minimum atomic E-state index is -0.0649. The smallest absolute Gasteiger partial charge is 0.0794 e. The predicted octanol–water partition coefficient (Wildman–Crippen LogP) is -0.818. The molecule has 0 radical (unpaired) electrons. The van der Waals surface area contributed by atoms with Gasteiger partial charge in [0.2, 0.25) is 0 Å². The number of aliphatic hydroxyl groups is 1. The van der Waals surface area contributed by atoms with Crippen molar-refractivity contribution in [2.75, 3.05) is 33.9 Å². The number of hydrogen-bond donors (Lipinski definition) is 1. The SMILES string of the molecule is CN(C)CN1CC(O)C1. The molecule has 0 aliphatic carbocycles. The molecule has 0 spiro atoms. The third kappa shape index (κ3) is 1.93. The van der Waals surface area contributed by atoms with Gasteiger partial charge >= 0.3 is 0 Å². The van der Waals surface area contributed by atoms with Gasteiger partial charge < -0.3 is 5.11 Å². The van der Waals surface area contributed by atoms with Crippen LogP contribution in [0.5, 0.6) is 0 Å². The van der Waals surface area contributed by atoms with Crippen LogP contribution < -0.4 is 0 Å². The van der Waals surface area contributed by atoms with E-state index < -0.39 is 0 Å². The van der Waals surface area contributed by atoms with Crippen LogP contribution >= 0.6 is 0 Å². The minimum Gasteiger partial charge on any atom is -0.390 e. The van der Waals surface area contributed by atoms with Crippen molar-refractivity contribution in [1.82, 2.24) is 9.80 Å². The van der Waals surface area contributed by atoms with E-state index in [4.69, 9.17) is 5.11 Å². The summed E-state index contributed by atoms with van der Waals surface area (Å²) in [4.78, 5) is 4.30. The molecule has 0 saturated carbocycles. The highest BCUT2D eigenvalue weighted by atomic mass is 16.3. The molecule has 0 bridgehead atoms. The lowest BCUT2D eigenvalue weighted by Crippen LogP contribution is -2.53. The summed E-state index contributed by atoms with van der Waals surface area (Å²) in [6, 6.07) is 0. The van der Waals surface area contributed by atoms with E-state index >= 15 is 0 Å². The molecule has 1 aliphatic heterocycles. The first kappa shape index (κ1) is 6.99. The number of β-amino-alcohol motifs (C(OH)–C–C–N with tert-alkyl or cyclic N) is 1.